The number of likely N-dealkylation sites (tertiary alicyclic amines) is 1. The van der Waals surface area contributed by atoms with Gasteiger partial charge in [-0.25, -0.2) is 0 Å². The second-order valence-corrected chi connectivity index (χ2v) is 7.12. The van der Waals surface area contributed by atoms with E-state index >= 15 is 0 Å². The summed E-state index contributed by atoms with van der Waals surface area (Å²) >= 11 is 0. The lowest BCUT2D eigenvalue weighted by Crippen LogP contribution is -2.38. The Morgan fingerprint density at radius 1 is 1.10 bits per heavy atom. The standard InChI is InChI=1S/C23H24N4O2/c1-2-6-23(28)25-14-13-19(15-25)26-16-22(24)27(17-26)18-9-11-21(12-10-18)29-20-7-4-3-5-8-20/h3-5,7-12,16,19H,13-15,17,24H2,1H3/t19-/m1/s1. The van der Waals surface area contributed by atoms with Crippen LogP contribution in [0.1, 0.15) is 13.3 Å². The van der Waals surface area contributed by atoms with Gasteiger partial charge in [0.15, 0.2) is 0 Å². The number of nitrogens with two attached hydrogens (primary N) is 1. The lowest BCUT2D eigenvalue weighted by molar-refractivity contribution is -0.124. The van der Waals surface area contributed by atoms with E-state index < -0.39 is 0 Å². The molecule has 0 aromatic heterocycles. The molecule has 1 amide bonds. The highest BCUT2D eigenvalue weighted by molar-refractivity contribution is 5.93. The number of rotatable bonds is 4. The molecule has 6 nitrogen and oxygen atoms in total. The maximum Gasteiger partial charge on any atom is 0.298 e. The van der Waals surface area contributed by atoms with Gasteiger partial charge < -0.3 is 25.2 Å². The molecule has 1 atom stereocenters. The van der Waals surface area contributed by atoms with Crippen LogP contribution in [0.4, 0.5) is 5.69 Å². The average Bonchev–Trinajstić information content (AvgIpc) is 3.37. The molecule has 0 spiro atoms. The molecule has 2 aliphatic rings. The van der Waals surface area contributed by atoms with E-state index in [1.807, 2.05) is 65.7 Å². The first-order chi connectivity index (χ1) is 14.1. The van der Waals surface area contributed by atoms with E-state index in [0.29, 0.717) is 19.0 Å². The molecule has 2 aliphatic heterocycles. The molecule has 2 aromatic carbocycles. The van der Waals surface area contributed by atoms with Crippen molar-refractivity contribution in [1.29, 1.82) is 0 Å². The quantitative estimate of drug-likeness (QED) is 0.816. The summed E-state index contributed by atoms with van der Waals surface area (Å²) in [6.45, 7) is 3.75. The average molecular weight is 388 g/mol. The molecule has 0 radical (unpaired) electrons. The maximum absolute atomic E-state index is 12.0. The van der Waals surface area contributed by atoms with Gasteiger partial charge in [0.05, 0.1) is 6.67 Å². The van der Waals surface area contributed by atoms with Crippen LogP contribution in [-0.4, -0.2) is 41.5 Å². The van der Waals surface area contributed by atoms with Crippen LogP contribution in [0.15, 0.2) is 66.6 Å². The van der Waals surface area contributed by atoms with Crippen molar-refractivity contribution in [2.45, 2.75) is 19.4 Å². The molecular formula is C23H24N4O2. The minimum absolute atomic E-state index is 0.1000. The summed E-state index contributed by atoms with van der Waals surface area (Å²) in [5, 5.41) is 0. The van der Waals surface area contributed by atoms with Crippen LogP contribution in [0, 0.1) is 11.8 Å². The molecule has 29 heavy (non-hydrogen) atoms. The highest BCUT2D eigenvalue weighted by Crippen LogP contribution is 2.29. The van der Waals surface area contributed by atoms with Crippen LogP contribution in [0.3, 0.4) is 0 Å². The molecule has 0 aliphatic carbocycles. The van der Waals surface area contributed by atoms with Crippen LogP contribution in [0.2, 0.25) is 0 Å². The monoisotopic (exact) mass is 388 g/mol. The number of carbonyl (C=O) groups excluding carboxylic acids is 1. The third kappa shape index (κ3) is 4.14. The summed E-state index contributed by atoms with van der Waals surface area (Å²) in [6, 6.07) is 17.8. The van der Waals surface area contributed by atoms with Crippen LogP contribution in [-0.2, 0) is 4.79 Å². The second kappa shape index (κ2) is 8.19. The molecule has 0 bridgehead atoms. The number of anilines is 1. The third-order valence-corrected chi connectivity index (χ3v) is 5.19. The van der Waals surface area contributed by atoms with Gasteiger partial charge in [0.1, 0.15) is 17.3 Å². The molecule has 4 rings (SSSR count). The molecule has 148 valence electrons. The van der Waals surface area contributed by atoms with Gasteiger partial charge in [0, 0.05) is 31.0 Å². The first kappa shape index (κ1) is 18.8. The van der Waals surface area contributed by atoms with Gasteiger partial charge in [-0.15, -0.1) is 0 Å². The van der Waals surface area contributed by atoms with Crippen molar-refractivity contribution in [1.82, 2.24) is 9.80 Å². The van der Waals surface area contributed by atoms with Gasteiger partial charge in [-0.2, -0.15) is 0 Å². The predicted octanol–water partition coefficient (Wildman–Crippen LogP) is 2.94. The number of hydrogen-bond acceptors (Lipinski definition) is 5. The van der Waals surface area contributed by atoms with Gasteiger partial charge in [0.2, 0.25) is 0 Å². The summed E-state index contributed by atoms with van der Waals surface area (Å²) in [5.74, 6) is 7.48. The Morgan fingerprint density at radius 2 is 1.83 bits per heavy atom. The Hall–Kier alpha value is -3.59. The molecule has 0 saturated carbocycles. The Labute approximate surface area is 171 Å². The number of nitrogens with zero attached hydrogens (tertiary/aromatic N) is 3. The zero-order chi connectivity index (χ0) is 20.2. The Kier molecular flexibility index (Phi) is 5.30. The lowest BCUT2D eigenvalue weighted by atomic mass is 10.2. The number of ether oxygens (including phenoxy) is 1. The van der Waals surface area contributed by atoms with Crippen molar-refractivity contribution in [2.24, 2.45) is 5.73 Å². The van der Waals surface area contributed by atoms with E-state index in [0.717, 1.165) is 30.2 Å². The highest BCUT2D eigenvalue weighted by atomic mass is 16.5. The normalized spacial score (nSPS) is 18.3. The maximum atomic E-state index is 12.0. The topological polar surface area (TPSA) is 62.0 Å². The van der Waals surface area contributed by atoms with Crippen LogP contribution >= 0.6 is 0 Å². The summed E-state index contributed by atoms with van der Waals surface area (Å²) in [7, 11) is 0. The zero-order valence-corrected chi connectivity index (χ0v) is 16.4. The number of carbonyl (C=O) groups is 1. The Balaban J connectivity index is 1.39. The van der Waals surface area contributed by atoms with Crippen molar-refractivity contribution in [2.75, 3.05) is 24.7 Å². The number of hydrogen-bond donors (Lipinski definition) is 1. The minimum Gasteiger partial charge on any atom is -0.457 e. The predicted molar refractivity (Wildman–Crippen MR) is 113 cm³/mol. The second-order valence-electron chi connectivity index (χ2n) is 7.12. The van der Waals surface area contributed by atoms with Gasteiger partial charge in [-0.05, 0) is 55.7 Å². The minimum atomic E-state index is -0.1000. The van der Waals surface area contributed by atoms with Crippen LogP contribution < -0.4 is 15.4 Å². The van der Waals surface area contributed by atoms with E-state index in [-0.39, 0.29) is 11.9 Å². The van der Waals surface area contributed by atoms with Crippen molar-refractivity contribution in [3.63, 3.8) is 0 Å². The van der Waals surface area contributed by atoms with Crippen LogP contribution in [0.5, 0.6) is 11.5 Å². The van der Waals surface area contributed by atoms with E-state index in [2.05, 4.69) is 21.6 Å². The van der Waals surface area contributed by atoms with Crippen molar-refractivity contribution in [3.8, 4) is 23.3 Å². The fraction of sp³-hybridized carbons (Fsp3) is 0.261. The summed E-state index contributed by atoms with van der Waals surface area (Å²) in [6.07, 6.45) is 2.89. The summed E-state index contributed by atoms with van der Waals surface area (Å²) < 4.78 is 5.86. The number of benzene rings is 2. The molecule has 0 unspecified atom stereocenters. The molecule has 1 fully saturated rings. The molecular weight excluding hydrogens is 364 g/mol. The zero-order valence-electron chi connectivity index (χ0n) is 16.4. The van der Waals surface area contributed by atoms with Gasteiger partial charge in [-0.3, -0.25) is 4.79 Å². The molecule has 1 saturated heterocycles. The van der Waals surface area contributed by atoms with Gasteiger partial charge in [-0.1, -0.05) is 24.1 Å². The smallest absolute Gasteiger partial charge is 0.298 e. The Bertz CT molecular complexity index is 960. The fourth-order valence-electron chi connectivity index (χ4n) is 3.68. The number of amides is 1. The van der Waals surface area contributed by atoms with E-state index in [1.165, 1.54) is 0 Å². The van der Waals surface area contributed by atoms with Gasteiger partial charge in [0.25, 0.3) is 5.91 Å². The first-order valence-electron chi connectivity index (χ1n) is 9.69. The molecule has 6 heteroatoms. The summed E-state index contributed by atoms with van der Waals surface area (Å²) in [5.41, 5.74) is 7.29. The molecule has 2 N–H and O–H groups in total. The number of para-hydroxylation sites is 1. The Morgan fingerprint density at radius 3 is 2.55 bits per heavy atom. The summed E-state index contributed by atoms with van der Waals surface area (Å²) in [4.78, 5) is 18.1. The van der Waals surface area contributed by atoms with Gasteiger partial charge >= 0.3 is 0 Å². The third-order valence-electron chi connectivity index (χ3n) is 5.19. The fourth-order valence-corrected chi connectivity index (χ4v) is 3.68. The molecule has 2 heterocycles. The SMILES string of the molecule is CC#CC(=O)N1CC[C@@H](N2C=C(N)N(c3ccc(Oc4ccccc4)cc3)C2)C1. The lowest BCUT2D eigenvalue weighted by Gasteiger charge is -2.27. The van der Waals surface area contributed by atoms with E-state index in [9.17, 15) is 4.79 Å². The first-order valence-corrected chi connectivity index (χ1v) is 9.69. The highest BCUT2D eigenvalue weighted by Gasteiger charge is 2.32. The van der Waals surface area contributed by atoms with E-state index in [4.69, 9.17) is 10.5 Å². The van der Waals surface area contributed by atoms with Crippen molar-refractivity contribution in [3.05, 3.63) is 66.6 Å². The largest absolute Gasteiger partial charge is 0.457 e. The van der Waals surface area contributed by atoms with Crippen molar-refractivity contribution < 1.29 is 9.53 Å². The molecule has 2 aromatic rings. The van der Waals surface area contributed by atoms with E-state index in [1.54, 1.807) is 6.92 Å². The van der Waals surface area contributed by atoms with Crippen LogP contribution in [0.25, 0.3) is 0 Å². The van der Waals surface area contributed by atoms with Crippen molar-refractivity contribution >= 4 is 11.6 Å².